The van der Waals surface area contributed by atoms with Crippen molar-refractivity contribution in [2.45, 2.75) is 30.3 Å². The SMILES string of the molecule is CC(Br)(CBr)C(=O)OCCCC(N(F)F)N(F)F. The van der Waals surface area contributed by atoms with Crippen molar-refractivity contribution in [1.82, 2.24) is 10.7 Å². The summed E-state index contributed by atoms with van der Waals surface area (Å²) in [6.45, 7) is 1.35. The summed E-state index contributed by atoms with van der Waals surface area (Å²) in [5.74, 6) is -0.592. The third kappa shape index (κ3) is 6.30. The van der Waals surface area contributed by atoms with Gasteiger partial charge in [0.1, 0.15) is 4.32 Å². The third-order valence-corrected chi connectivity index (χ3v) is 4.45. The van der Waals surface area contributed by atoms with Gasteiger partial charge in [-0.05, 0) is 19.8 Å². The molecule has 0 N–H and O–H groups in total. The fourth-order valence-electron chi connectivity index (χ4n) is 0.897. The average Bonchev–Trinajstić information content (AvgIpc) is 2.27. The molecule has 0 rings (SSSR count). The molecule has 0 aliphatic heterocycles. The van der Waals surface area contributed by atoms with E-state index < -0.39 is 33.6 Å². The Morgan fingerprint density at radius 1 is 1.33 bits per heavy atom. The molecule has 0 fully saturated rings. The summed E-state index contributed by atoms with van der Waals surface area (Å²) >= 11 is 6.18. The van der Waals surface area contributed by atoms with Crippen molar-refractivity contribution >= 4 is 37.8 Å². The minimum atomic E-state index is -2.30. The largest absolute Gasteiger partial charge is 0.465 e. The van der Waals surface area contributed by atoms with Gasteiger partial charge in [0.25, 0.3) is 0 Å². The molecular formula is C8H12Br2F4N2O2. The number of halogens is 6. The van der Waals surface area contributed by atoms with Crippen molar-refractivity contribution in [2.24, 2.45) is 0 Å². The van der Waals surface area contributed by atoms with E-state index in [1.54, 1.807) is 6.92 Å². The molecule has 1 unspecified atom stereocenters. The molecular weight excluding hydrogens is 392 g/mol. The fraction of sp³-hybridized carbons (Fsp3) is 0.875. The van der Waals surface area contributed by atoms with Gasteiger partial charge in [-0.1, -0.05) is 49.8 Å². The Morgan fingerprint density at radius 2 is 1.83 bits per heavy atom. The lowest BCUT2D eigenvalue weighted by Gasteiger charge is -2.19. The van der Waals surface area contributed by atoms with Gasteiger partial charge in [-0.25, -0.2) is 0 Å². The summed E-state index contributed by atoms with van der Waals surface area (Å²) < 4.78 is 51.7. The normalized spacial score (nSPS) is 15.2. The van der Waals surface area contributed by atoms with Gasteiger partial charge in [0, 0.05) is 16.0 Å². The quantitative estimate of drug-likeness (QED) is 0.155. The topological polar surface area (TPSA) is 32.8 Å². The van der Waals surface area contributed by atoms with Crippen molar-refractivity contribution in [2.75, 3.05) is 11.9 Å². The number of hydrogen-bond acceptors (Lipinski definition) is 4. The zero-order chi connectivity index (χ0) is 14.3. The summed E-state index contributed by atoms with van der Waals surface area (Å²) in [5, 5.41) is -2.88. The van der Waals surface area contributed by atoms with Crippen molar-refractivity contribution < 1.29 is 27.5 Å². The highest BCUT2D eigenvalue weighted by Gasteiger charge is 2.31. The summed E-state index contributed by atoms with van der Waals surface area (Å²) in [6.07, 6.45) is -2.92. The first kappa shape index (κ1) is 18.1. The molecule has 0 amide bonds. The van der Waals surface area contributed by atoms with E-state index in [1.807, 2.05) is 0 Å². The van der Waals surface area contributed by atoms with Crippen molar-refractivity contribution in [1.29, 1.82) is 0 Å². The van der Waals surface area contributed by atoms with Crippen LogP contribution in [0.4, 0.5) is 17.9 Å². The molecule has 0 aromatic carbocycles. The lowest BCUT2D eigenvalue weighted by molar-refractivity contribution is -0.319. The highest BCUT2D eigenvalue weighted by Crippen LogP contribution is 2.22. The van der Waals surface area contributed by atoms with E-state index in [0.29, 0.717) is 5.33 Å². The first-order valence-corrected chi connectivity index (χ1v) is 6.77. The molecule has 0 heterocycles. The van der Waals surface area contributed by atoms with Gasteiger partial charge < -0.3 is 4.74 Å². The Morgan fingerprint density at radius 3 is 2.22 bits per heavy atom. The molecule has 0 aliphatic carbocycles. The number of esters is 1. The molecule has 18 heavy (non-hydrogen) atoms. The van der Waals surface area contributed by atoms with E-state index in [9.17, 15) is 22.7 Å². The number of carbonyl (C=O) groups excluding carboxylic acids is 1. The van der Waals surface area contributed by atoms with Crippen molar-refractivity contribution in [3.05, 3.63) is 0 Å². The molecule has 0 radical (unpaired) electrons. The zero-order valence-corrected chi connectivity index (χ0v) is 12.6. The minimum Gasteiger partial charge on any atom is -0.465 e. The van der Waals surface area contributed by atoms with Crippen LogP contribution in [-0.4, -0.2) is 39.1 Å². The van der Waals surface area contributed by atoms with E-state index >= 15 is 0 Å². The molecule has 108 valence electrons. The van der Waals surface area contributed by atoms with E-state index in [-0.39, 0.29) is 13.0 Å². The van der Waals surface area contributed by atoms with Gasteiger partial charge >= 0.3 is 5.97 Å². The highest BCUT2D eigenvalue weighted by atomic mass is 79.9. The molecule has 0 bridgehead atoms. The maximum absolute atomic E-state index is 12.0. The molecule has 1 atom stereocenters. The van der Waals surface area contributed by atoms with Crippen LogP contribution in [0, 0.1) is 0 Å². The van der Waals surface area contributed by atoms with Gasteiger partial charge in [-0.15, -0.1) is 0 Å². The van der Waals surface area contributed by atoms with Crippen LogP contribution in [0.25, 0.3) is 0 Å². The van der Waals surface area contributed by atoms with E-state index in [1.165, 1.54) is 0 Å². The predicted octanol–water partition coefficient (Wildman–Crippen LogP) is 3.33. The van der Waals surface area contributed by atoms with Crippen LogP contribution < -0.4 is 0 Å². The van der Waals surface area contributed by atoms with Crippen LogP contribution >= 0.6 is 31.9 Å². The lowest BCUT2D eigenvalue weighted by atomic mass is 10.2. The molecule has 0 aromatic rings. The Bertz CT molecular complexity index is 261. The van der Waals surface area contributed by atoms with Crippen LogP contribution in [0.1, 0.15) is 19.8 Å². The Labute approximate surface area is 118 Å². The average molecular weight is 404 g/mol. The molecule has 0 spiro atoms. The number of nitrogens with zero attached hydrogens (tertiary/aromatic N) is 2. The van der Waals surface area contributed by atoms with Crippen molar-refractivity contribution in [3.8, 4) is 0 Å². The fourth-order valence-corrected chi connectivity index (χ4v) is 1.24. The molecule has 0 aliphatic rings. The molecule has 10 heteroatoms. The van der Waals surface area contributed by atoms with E-state index in [0.717, 1.165) is 0 Å². The minimum absolute atomic E-state index is 0.101. The van der Waals surface area contributed by atoms with Gasteiger partial charge in [-0.3, -0.25) is 4.79 Å². The Kier molecular flexibility index (Phi) is 8.31. The van der Waals surface area contributed by atoms with Gasteiger partial charge in [0.2, 0.25) is 0 Å². The molecule has 0 saturated heterocycles. The molecule has 0 aromatic heterocycles. The first-order chi connectivity index (χ1) is 8.22. The molecule has 4 nitrogen and oxygen atoms in total. The second-order valence-corrected chi connectivity index (χ2v) is 5.92. The summed E-state index contributed by atoms with van der Waals surface area (Å²) in [5.41, 5.74) is 0. The highest BCUT2D eigenvalue weighted by molar-refractivity contribution is 9.12. The standard InChI is InChI=1S/C8H12Br2F4N2O2/c1-8(10,5-9)7(17)18-4-2-3-6(15(11)12)16(13)14/h6H,2-5H2,1H3. The van der Waals surface area contributed by atoms with Crippen LogP contribution in [0.3, 0.4) is 0 Å². The monoisotopic (exact) mass is 402 g/mol. The van der Waals surface area contributed by atoms with Gasteiger partial charge in [-0.2, -0.15) is 0 Å². The zero-order valence-electron chi connectivity index (χ0n) is 9.38. The second-order valence-electron chi connectivity index (χ2n) is 3.61. The number of rotatable bonds is 8. The maximum atomic E-state index is 12.0. The maximum Gasteiger partial charge on any atom is 0.323 e. The summed E-state index contributed by atoms with van der Waals surface area (Å²) in [4.78, 5) is 11.4. The van der Waals surface area contributed by atoms with Crippen LogP contribution in [0.2, 0.25) is 0 Å². The van der Waals surface area contributed by atoms with Crippen LogP contribution in [0.15, 0.2) is 0 Å². The van der Waals surface area contributed by atoms with Crippen molar-refractivity contribution in [3.63, 3.8) is 0 Å². The summed E-state index contributed by atoms with van der Waals surface area (Å²) in [6, 6.07) is 0. The smallest absolute Gasteiger partial charge is 0.323 e. The molecule has 0 saturated carbocycles. The summed E-state index contributed by atoms with van der Waals surface area (Å²) in [7, 11) is 0. The number of ether oxygens (including phenoxy) is 1. The second kappa shape index (κ2) is 8.28. The predicted molar refractivity (Wildman–Crippen MR) is 63.2 cm³/mol. The lowest BCUT2D eigenvalue weighted by Crippen LogP contribution is -2.34. The van der Waals surface area contributed by atoms with Crippen LogP contribution in [-0.2, 0) is 9.53 Å². The first-order valence-electron chi connectivity index (χ1n) is 4.86. The van der Waals surface area contributed by atoms with Crippen LogP contribution in [0.5, 0.6) is 0 Å². The Balaban J connectivity index is 3.96. The van der Waals surface area contributed by atoms with E-state index in [2.05, 4.69) is 31.9 Å². The number of alkyl halides is 2. The third-order valence-electron chi connectivity index (χ3n) is 1.97. The van der Waals surface area contributed by atoms with Gasteiger partial charge in [0.15, 0.2) is 6.17 Å². The number of hydrogen-bond donors (Lipinski definition) is 0. The van der Waals surface area contributed by atoms with Gasteiger partial charge in [0.05, 0.1) is 6.61 Å². The number of carbonyl (C=O) groups is 1. The van der Waals surface area contributed by atoms with E-state index in [4.69, 9.17) is 4.74 Å². The Hall–Kier alpha value is 0.0700.